The van der Waals surface area contributed by atoms with Crippen molar-refractivity contribution in [3.8, 4) is 0 Å². The molecule has 3 atom stereocenters. The lowest BCUT2D eigenvalue weighted by molar-refractivity contribution is -0.136. The first kappa shape index (κ1) is 17.8. The first-order chi connectivity index (χ1) is 13.0. The van der Waals surface area contributed by atoms with Gasteiger partial charge in [0, 0.05) is 25.0 Å². The van der Waals surface area contributed by atoms with Crippen LogP contribution in [0.2, 0.25) is 0 Å². The molecule has 1 saturated heterocycles. The number of carbonyl (C=O) groups is 4. The normalized spacial score (nSPS) is 27.9. The van der Waals surface area contributed by atoms with E-state index in [1.165, 1.54) is 0 Å². The minimum absolute atomic E-state index is 0.112. The summed E-state index contributed by atoms with van der Waals surface area (Å²) in [6.07, 6.45) is 3.42. The van der Waals surface area contributed by atoms with Crippen molar-refractivity contribution in [2.45, 2.75) is 56.8 Å². The van der Waals surface area contributed by atoms with E-state index < -0.39 is 23.8 Å². The van der Waals surface area contributed by atoms with Crippen LogP contribution in [0.5, 0.6) is 0 Å². The predicted octanol–water partition coefficient (Wildman–Crippen LogP) is 0.0572. The van der Waals surface area contributed by atoms with Gasteiger partial charge in [-0.2, -0.15) is 0 Å². The molecule has 1 aliphatic carbocycles. The zero-order valence-corrected chi connectivity index (χ0v) is 14.9. The second-order valence-electron chi connectivity index (χ2n) is 7.41. The average molecular weight is 370 g/mol. The van der Waals surface area contributed by atoms with Gasteiger partial charge in [0.2, 0.25) is 11.8 Å². The van der Waals surface area contributed by atoms with Gasteiger partial charge in [-0.25, -0.2) is 0 Å². The summed E-state index contributed by atoms with van der Waals surface area (Å²) >= 11 is 0. The zero-order valence-electron chi connectivity index (χ0n) is 14.9. The van der Waals surface area contributed by atoms with Crippen molar-refractivity contribution in [3.05, 3.63) is 34.9 Å². The SMILES string of the molecule is N[C@@H]1CCC[C@H]1NCc1ccc2c(c1)C(=O)N(C1CCC(=O)NC1=O)C2=O. The highest BCUT2D eigenvalue weighted by atomic mass is 16.2. The van der Waals surface area contributed by atoms with Crippen LogP contribution in [0.4, 0.5) is 0 Å². The van der Waals surface area contributed by atoms with Gasteiger partial charge in [0.05, 0.1) is 11.1 Å². The van der Waals surface area contributed by atoms with E-state index in [0.717, 1.165) is 29.7 Å². The zero-order chi connectivity index (χ0) is 19.1. The summed E-state index contributed by atoms with van der Waals surface area (Å²) in [5.41, 5.74) is 7.56. The first-order valence-corrected chi connectivity index (χ1v) is 9.29. The van der Waals surface area contributed by atoms with Gasteiger partial charge in [0.15, 0.2) is 0 Å². The molecule has 4 rings (SSSR count). The van der Waals surface area contributed by atoms with Crippen molar-refractivity contribution in [2.24, 2.45) is 5.73 Å². The molecule has 2 heterocycles. The Hall–Kier alpha value is -2.58. The third-order valence-corrected chi connectivity index (χ3v) is 5.64. The molecule has 2 aliphatic heterocycles. The summed E-state index contributed by atoms with van der Waals surface area (Å²) in [5, 5.41) is 5.61. The number of amides is 4. The molecule has 4 amide bonds. The lowest BCUT2D eigenvalue weighted by atomic mass is 10.0. The van der Waals surface area contributed by atoms with Crippen LogP contribution in [-0.2, 0) is 16.1 Å². The van der Waals surface area contributed by atoms with E-state index in [2.05, 4.69) is 10.6 Å². The van der Waals surface area contributed by atoms with Crippen LogP contribution in [0.1, 0.15) is 58.4 Å². The molecular formula is C19H22N4O4. The van der Waals surface area contributed by atoms with Gasteiger partial charge in [0.1, 0.15) is 6.04 Å². The number of fused-ring (bicyclic) bond motifs is 1. The van der Waals surface area contributed by atoms with Crippen LogP contribution in [0.15, 0.2) is 18.2 Å². The van der Waals surface area contributed by atoms with E-state index in [4.69, 9.17) is 5.73 Å². The molecule has 1 saturated carbocycles. The molecule has 8 heteroatoms. The smallest absolute Gasteiger partial charge is 0.262 e. The maximum absolute atomic E-state index is 12.8. The van der Waals surface area contributed by atoms with Crippen molar-refractivity contribution >= 4 is 23.6 Å². The Balaban J connectivity index is 1.51. The number of carbonyl (C=O) groups excluding carboxylic acids is 4. The molecule has 0 bridgehead atoms. The average Bonchev–Trinajstić information content (AvgIpc) is 3.15. The number of nitrogens with two attached hydrogens (primary N) is 1. The number of hydrogen-bond donors (Lipinski definition) is 3. The first-order valence-electron chi connectivity index (χ1n) is 9.29. The fourth-order valence-electron chi connectivity index (χ4n) is 4.12. The molecule has 4 N–H and O–H groups in total. The Morgan fingerprint density at radius 1 is 1.07 bits per heavy atom. The van der Waals surface area contributed by atoms with E-state index in [1.54, 1.807) is 12.1 Å². The Morgan fingerprint density at radius 3 is 2.56 bits per heavy atom. The minimum atomic E-state index is -0.937. The van der Waals surface area contributed by atoms with Gasteiger partial charge in [-0.05, 0) is 37.0 Å². The molecule has 1 aromatic carbocycles. The molecule has 142 valence electrons. The predicted molar refractivity (Wildman–Crippen MR) is 95.6 cm³/mol. The third-order valence-electron chi connectivity index (χ3n) is 5.64. The summed E-state index contributed by atoms with van der Waals surface area (Å²) in [6.45, 7) is 0.561. The van der Waals surface area contributed by atoms with Crippen molar-refractivity contribution < 1.29 is 19.2 Å². The number of piperidine rings is 1. The number of benzene rings is 1. The number of nitrogens with zero attached hydrogens (tertiary/aromatic N) is 1. The number of nitrogens with one attached hydrogen (secondary N) is 2. The molecule has 0 aromatic heterocycles. The van der Waals surface area contributed by atoms with Crippen LogP contribution in [0, 0.1) is 0 Å². The summed E-state index contributed by atoms with van der Waals surface area (Å²) in [7, 11) is 0. The summed E-state index contributed by atoms with van der Waals surface area (Å²) in [6, 6.07) is 4.61. The van der Waals surface area contributed by atoms with Crippen LogP contribution in [0.25, 0.3) is 0 Å². The molecule has 27 heavy (non-hydrogen) atoms. The van der Waals surface area contributed by atoms with Gasteiger partial charge in [0.25, 0.3) is 11.8 Å². The quantitative estimate of drug-likeness (QED) is 0.644. The third kappa shape index (κ3) is 3.15. The topological polar surface area (TPSA) is 122 Å². The fourth-order valence-corrected chi connectivity index (χ4v) is 4.12. The Morgan fingerprint density at radius 2 is 1.85 bits per heavy atom. The van der Waals surface area contributed by atoms with Crippen LogP contribution in [0.3, 0.4) is 0 Å². The van der Waals surface area contributed by atoms with E-state index in [-0.39, 0.29) is 30.8 Å². The number of hydrogen-bond acceptors (Lipinski definition) is 6. The maximum atomic E-state index is 12.8. The monoisotopic (exact) mass is 370 g/mol. The molecule has 1 unspecified atom stereocenters. The van der Waals surface area contributed by atoms with Crippen molar-refractivity contribution in [3.63, 3.8) is 0 Å². The Bertz CT molecular complexity index is 837. The lowest BCUT2D eigenvalue weighted by Gasteiger charge is -2.27. The van der Waals surface area contributed by atoms with Gasteiger partial charge in [-0.15, -0.1) is 0 Å². The Kier molecular flexibility index (Phi) is 4.53. The van der Waals surface area contributed by atoms with Crippen molar-refractivity contribution in [1.29, 1.82) is 0 Å². The van der Waals surface area contributed by atoms with Crippen molar-refractivity contribution in [1.82, 2.24) is 15.5 Å². The summed E-state index contributed by atoms with van der Waals surface area (Å²) < 4.78 is 0. The molecule has 8 nitrogen and oxygen atoms in total. The van der Waals surface area contributed by atoms with Gasteiger partial charge >= 0.3 is 0 Å². The minimum Gasteiger partial charge on any atom is -0.326 e. The van der Waals surface area contributed by atoms with E-state index in [9.17, 15) is 19.2 Å². The summed E-state index contributed by atoms with van der Waals surface area (Å²) in [5.74, 6) is -1.95. The molecule has 0 radical (unpaired) electrons. The van der Waals surface area contributed by atoms with E-state index in [1.807, 2.05) is 6.07 Å². The Labute approximate surface area is 156 Å². The second kappa shape index (κ2) is 6.86. The van der Waals surface area contributed by atoms with Crippen LogP contribution >= 0.6 is 0 Å². The number of rotatable bonds is 4. The fraction of sp³-hybridized carbons (Fsp3) is 0.474. The van der Waals surface area contributed by atoms with Crippen LogP contribution < -0.4 is 16.4 Å². The lowest BCUT2D eigenvalue weighted by Crippen LogP contribution is -2.54. The van der Waals surface area contributed by atoms with Crippen LogP contribution in [-0.4, -0.2) is 46.7 Å². The van der Waals surface area contributed by atoms with Gasteiger partial charge in [-0.3, -0.25) is 29.4 Å². The standard InChI is InChI=1S/C19H22N4O4/c20-13-2-1-3-14(13)21-9-10-4-5-11-12(8-10)19(27)23(18(11)26)15-6-7-16(24)22-17(15)25/h4-5,8,13-15,21H,1-3,6-7,9,20H2,(H,22,24,25)/t13-,14-,15?/m1/s1. The number of imide groups is 2. The highest BCUT2D eigenvalue weighted by Gasteiger charge is 2.44. The summed E-state index contributed by atoms with van der Waals surface area (Å²) in [4.78, 5) is 49.9. The molecule has 2 fully saturated rings. The largest absolute Gasteiger partial charge is 0.326 e. The maximum Gasteiger partial charge on any atom is 0.262 e. The van der Waals surface area contributed by atoms with Gasteiger partial charge < -0.3 is 11.1 Å². The highest BCUT2D eigenvalue weighted by Crippen LogP contribution is 2.28. The molecule has 1 aromatic rings. The molecular weight excluding hydrogens is 348 g/mol. The van der Waals surface area contributed by atoms with E-state index in [0.29, 0.717) is 17.7 Å². The van der Waals surface area contributed by atoms with Crippen molar-refractivity contribution in [2.75, 3.05) is 0 Å². The highest BCUT2D eigenvalue weighted by molar-refractivity contribution is 6.23. The molecule has 0 spiro atoms. The van der Waals surface area contributed by atoms with E-state index >= 15 is 0 Å². The second-order valence-corrected chi connectivity index (χ2v) is 7.41. The van der Waals surface area contributed by atoms with Gasteiger partial charge in [-0.1, -0.05) is 12.5 Å². The molecule has 3 aliphatic rings.